The summed E-state index contributed by atoms with van der Waals surface area (Å²) >= 11 is 0. The summed E-state index contributed by atoms with van der Waals surface area (Å²) in [4.78, 5) is 0. The fraction of sp³-hybridized carbons (Fsp3) is 0.333. The lowest BCUT2D eigenvalue weighted by Crippen LogP contribution is -2.10. The van der Waals surface area contributed by atoms with Crippen molar-refractivity contribution < 1.29 is 4.74 Å². The van der Waals surface area contributed by atoms with Crippen LogP contribution in [0.15, 0.2) is 30.9 Å². The lowest BCUT2D eigenvalue weighted by Gasteiger charge is -2.13. The molecule has 1 unspecified atom stereocenters. The van der Waals surface area contributed by atoms with Crippen molar-refractivity contribution in [2.24, 2.45) is 5.73 Å². The zero-order chi connectivity index (χ0) is 9.97. The van der Waals surface area contributed by atoms with E-state index in [-0.39, 0.29) is 6.04 Å². The van der Waals surface area contributed by atoms with E-state index in [1.54, 1.807) is 0 Å². The van der Waals surface area contributed by atoms with E-state index in [4.69, 9.17) is 10.5 Å². The molecular weight excluding hydrogens is 174 g/mol. The monoisotopic (exact) mass is 189 g/mol. The van der Waals surface area contributed by atoms with E-state index in [1.165, 1.54) is 5.56 Å². The van der Waals surface area contributed by atoms with Gasteiger partial charge in [-0.05, 0) is 12.0 Å². The summed E-state index contributed by atoms with van der Waals surface area (Å²) < 4.78 is 5.58. The van der Waals surface area contributed by atoms with Gasteiger partial charge in [0.1, 0.15) is 5.75 Å². The van der Waals surface area contributed by atoms with Gasteiger partial charge < -0.3 is 10.5 Å². The van der Waals surface area contributed by atoms with Gasteiger partial charge in [-0.25, -0.2) is 0 Å². The molecule has 2 rings (SSSR count). The van der Waals surface area contributed by atoms with Gasteiger partial charge in [-0.3, -0.25) is 0 Å². The Morgan fingerprint density at radius 2 is 2.43 bits per heavy atom. The number of para-hydroxylation sites is 1. The molecule has 1 aliphatic heterocycles. The molecule has 14 heavy (non-hydrogen) atoms. The van der Waals surface area contributed by atoms with Crippen LogP contribution in [0.3, 0.4) is 0 Å². The summed E-state index contributed by atoms with van der Waals surface area (Å²) in [5.41, 5.74) is 8.42. The molecular formula is C12H15NO. The summed E-state index contributed by atoms with van der Waals surface area (Å²) in [6.45, 7) is 4.48. The van der Waals surface area contributed by atoms with E-state index < -0.39 is 0 Å². The molecule has 2 nitrogen and oxygen atoms in total. The first-order chi connectivity index (χ1) is 6.83. The molecule has 0 aromatic heterocycles. The summed E-state index contributed by atoms with van der Waals surface area (Å²) in [6.07, 6.45) is 3.64. The van der Waals surface area contributed by atoms with Gasteiger partial charge >= 0.3 is 0 Å². The van der Waals surface area contributed by atoms with E-state index >= 15 is 0 Å². The van der Waals surface area contributed by atoms with Crippen molar-refractivity contribution in [2.45, 2.75) is 18.9 Å². The minimum Gasteiger partial charge on any atom is -0.493 e. The van der Waals surface area contributed by atoms with Gasteiger partial charge in [0.2, 0.25) is 0 Å². The molecule has 1 heterocycles. The summed E-state index contributed by atoms with van der Waals surface area (Å²) in [7, 11) is 0. The standard InChI is InChI=1S/C12H15NO/c1-2-4-11(13)10-6-3-5-9-7-8-14-12(9)10/h2-3,5-6,11H,1,4,7-8,13H2. The Morgan fingerprint density at radius 3 is 3.21 bits per heavy atom. The number of hydrogen-bond donors (Lipinski definition) is 1. The third-order valence-corrected chi connectivity index (χ3v) is 2.56. The Morgan fingerprint density at radius 1 is 1.57 bits per heavy atom. The summed E-state index contributed by atoms with van der Waals surface area (Å²) in [6, 6.07) is 6.21. The number of benzene rings is 1. The average molecular weight is 189 g/mol. The van der Waals surface area contributed by atoms with Crippen molar-refractivity contribution in [1.29, 1.82) is 0 Å². The quantitative estimate of drug-likeness (QED) is 0.740. The molecule has 0 saturated carbocycles. The molecule has 1 aromatic rings. The average Bonchev–Trinajstić information content (AvgIpc) is 2.65. The molecule has 1 aromatic carbocycles. The van der Waals surface area contributed by atoms with Crippen molar-refractivity contribution in [3.8, 4) is 5.75 Å². The van der Waals surface area contributed by atoms with Crippen LogP contribution in [0.4, 0.5) is 0 Å². The van der Waals surface area contributed by atoms with Crippen LogP contribution in [0.5, 0.6) is 5.75 Å². The topological polar surface area (TPSA) is 35.2 Å². The second-order valence-electron chi connectivity index (χ2n) is 3.56. The Balaban J connectivity index is 2.34. The van der Waals surface area contributed by atoms with Crippen molar-refractivity contribution in [3.63, 3.8) is 0 Å². The first-order valence-electron chi connectivity index (χ1n) is 4.94. The zero-order valence-electron chi connectivity index (χ0n) is 8.20. The van der Waals surface area contributed by atoms with Crippen LogP contribution >= 0.6 is 0 Å². The smallest absolute Gasteiger partial charge is 0.127 e. The summed E-state index contributed by atoms with van der Waals surface area (Å²) in [5.74, 6) is 1.00. The molecule has 2 N–H and O–H groups in total. The number of rotatable bonds is 3. The molecule has 0 amide bonds. The highest BCUT2D eigenvalue weighted by molar-refractivity contribution is 5.45. The number of nitrogens with two attached hydrogens (primary N) is 1. The highest BCUT2D eigenvalue weighted by atomic mass is 16.5. The maximum absolute atomic E-state index is 6.03. The van der Waals surface area contributed by atoms with E-state index in [0.717, 1.165) is 30.8 Å². The van der Waals surface area contributed by atoms with Crippen LogP contribution in [0, 0.1) is 0 Å². The number of ether oxygens (including phenoxy) is 1. The van der Waals surface area contributed by atoms with Gasteiger partial charge in [0.25, 0.3) is 0 Å². The molecule has 1 aliphatic rings. The Hall–Kier alpha value is -1.28. The Labute approximate surface area is 84.4 Å². The summed E-state index contributed by atoms with van der Waals surface area (Å²) in [5, 5.41) is 0. The second-order valence-corrected chi connectivity index (χ2v) is 3.56. The van der Waals surface area contributed by atoms with Crippen LogP contribution in [0.25, 0.3) is 0 Å². The second kappa shape index (κ2) is 3.84. The van der Waals surface area contributed by atoms with Gasteiger partial charge in [-0.2, -0.15) is 0 Å². The molecule has 2 heteroatoms. The maximum Gasteiger partial charge on any atom is 0.127 e. The molecule has 0 bridgehead atoms. The van der Waals surface area contributed by atoms with Crippen molar-refractivity contribution in [3.05, 3.63) is 42.0 Å². The predicted molar refractivity (Wildman–Crippen MR) is 57.4 cm³/mol. The van der Waals surface area contributed by atoms with Crippen molar-refractivity contribution in [2.75, 3.05) is 6.61 Å². The first kappa shape index (κ1) is 9.28. The molecule has 0 aliphatic carbocycles. The van der Waals surface area contributed by atoms with E-state index in [0.29, 0.717) is 0 Å². The number of hydrogen-bond acceptors (Lipinski definition) is 2. The van der Waals surface area contributed by atoms with Crippen LogP contribution < -0.4 is 10.5 Å². The molecule has 74 valence electrons. The minimum absolute atomic E-state index is 0.0144. The lowest BCUT2D eigenvalue weighted by molar-refractivity contribution is 0.351. The van der Waals surface area contributed by atoms with Crippen LogP contribution in [0.1, 0.15) is 23.6 Å². The first-order valence-corrected chi connectivity index (χ1v) is 4.94. The van der Waals surface area contributed by atoms with Gasteiger partial charge in [0.05, 0.1) is 6.61 Å². The largest absolute Gasteiger partial charge is 0.493 e. The number of fused-ring (bicyclic) bond motifs is 1. The van der Waals surface area contributed by atoms with E-state index in [1.807, 2.05) is 18.2 Å². The van der Waals surface area contributed by atoms with Crippen molar-refractivity contribution >= 4 is 0 Å². The molecule has 0 fully saturated rings. The van der Waals surface area contributed by atoms with Crippen LogP contribution in [-0.2, 0) is 6.42 Å². The molecule has 0 saturated heterocycles. The van der Waals surface area contributed by atoms with Gasteiger partial charge in [0.15, 0.2) is 0 Å². The highest BCUT2D eigenvalue weighted by Crippen LogP contribution is 2.33. The Kier molecular flexibility index (Phi) is 2.55. The van der Waals surface area contributed by atoms with Crippen LogP contribution in [0.2, 0.25) is 0 Å². The fourth-order valence-electron chi connectivity index (χ4n) is 1.84. The van der Waals surface area contributed by atoms with Crippen LogP contribution in [-0.4, -0.2) is 6.61 Å². The van der Waals surface area contributed by atoms with E-state index in [2.05, 4.69) is 12.6 Å². The predicted octanol–water partition coefficient (Wildman–Crippen LogP) is 2.20. The SMILES string of the molecule is C=CCC(N)c1cccc2c1OCC2. The maximum atomic E-state index is 6.03. The van der Waals surface area contributed by atoms with E-state index in [9.17, 15) is 0 Å². The molecule has 0 radical (unpaired) electrons. The van der Waals surface area contributed by atoms with Gasteiger partial charge in [-0.15, -0.1) is 6.58 Å². The molecule has 1 atom stereocenters. The molecule has 0 spiro atoms. The fourth-order valence-corrected chi connectivity index (χ4v) is 1.84. The van der Waals surface area contributed by atoms with Gasteiger partial charge in [0, 0.05) is 18.0 Å². The third kappa shape index (κ3) is 1.53. The Bertz CT molecular complexity index is 346. The zero-order valence-corrected chi connectivity index (χ0v) is 8.20. The third-order valence-electron chi connectivity index (χ3n) is 2.56. The lowest BCUT2D eigenvalue weighted by atomic mass is 10.0. The normalized spacial score (nSPS) is 15.8. The highest BCUT2D eigenvalue weighted by Gasteiger charge is 2.18. The van der Waals surface area contributed by atoms with Crippen molar-refractivity contribution in [1.82, 2.24) is 0 Å². The van der Waals surface area contributed by atoms with Gasteiger partial charge in [-0.1, -0.05) is 24.3 Å². The minimum atomic E-state index is 0.0144.